The van der Waals surface area contributed by atoms with Crippen LogP contribution < -0.4 is 0 Å². The van der Waals surface area contributed by atoms with Gasteiger partial charge in [-0.1, -0.05) is 0 Å². The zero-order chi connectivity index (χ0) is 7.49. The van der Waals surface area contributed by atoms with E-state index < -0.39 is 15.4 Å². The molecule has 0 saturated heterocycles. The van der Waals surface area contributed by atoms with Crippen LogP contribution in [-0.2, 0) is 14.3 Å². The Kier molecular flexibility index (Phi) is 3.14. The summed E-state index contributed by atoms with van der Waals surface area (Å²) in [7, 11) is -3.31. The average Bonchev–Trinajstić information content (AvgIpc) is 1.65. The second kappa shape index (κ2) is 3.17. The summed E-state index contributed by atoms with van der Waals surface area (Å²) < 4.78 is 25.7. The molecule has 4 heteroatoms. The van der Waals surface area contributed by atoms with Crippen molar-refractivity contribution in [3.63, 3.8) is 0 Å². The van der Waals surface area contributed by atoms with Crippen molar-refractivity contribution in [1.82, 2.24) is 0 Å². The molecule has 9 heavy (non-hydrogen) atoms. The maximum absolute atomic E-state index is 10.7. The van der Waals surface area contributed by atoms with E-state index in [-0.39, 0.29) is 6.61 Å². The lowest BCUT2D eigenvalue weighted by Gasteiger charge is -2.04. The summed E-state index contributed by atoms with van der Waals surface area (Å²) in [6, 6.07) is 0. The van der Waals surface area contributed by atoms with E-state index in [1.165, 1.54) is 0 Å². The standard InChI is InChI=1S/C5H11O3S/c1-4-8-9(6,7)5(2)3/h5H,1,4H2,2-3H3. The van der Waals surface area contributed by atoms with Gasteiger partial charge in [0.25, 0.3) is 10.1 Å². The van der Waals surface area contributed by atoms with Crippen LogP contribution in [-0.4, -0.2) is 20.3 Å². The smallest absolute Gasteiger partial charge is 0.269 e. The Morgan fingerprint density at radius 3 is 2.11 bits per heavy atom. The molecule has 0 N–H and O–H groups in total. The third-order valence-electron chi connectivity index (χ3n) is 0.825. The third-order valence-corrected chi connectivity index (χ3v) is 2.47. The molecule has 0 aromatic heterocycles. The molecule has 0 fully saturated rings. The highest BCUT2D eigenvalue weighted by Gasteiger charge is 2.14. The first-order valence-corrected chi connectivity index (χ1v) is 4.15. The molecule has 0 rings (SSSR count). The van der Waals surface area contributed by atoms with Gasteiger partial charge in [-0.15, -0.1) is 0 Å². The summed E-state index contributed by atoms with van der Waals surface area (Å²) in [5.74, 6) is 0. The van der Waals surface area contributed by atoms with Gasteiger partial charge in [0.2, 0.25) is 0 Å². The summed E-state index contributed by atoms with van der Waals surface area (Å²) in [6.07, 6.45) is 0. The van der Waals surface area contributed by atoms with Gasteiger partial charge in [0, 0.05) is 0 Å². The van der Waals surface area contributed by atoms with Gasteiger partial charge in [-0.3, -0.25) is 4.18 Å². The molecule has 0 bridgehead atoms. The van der Waals surface area contributed by atoms with E-state index in [4.69, 9.17) is 0 Å². The topological polar surface area (TPSA) is 43.4 Å². The molecule has 0 amide bonds. The molecule has 0 aromatic rings. The first-order chi connectivity index (χ1) is 4.00. The summed E-state index contributed by atoms with van der Waals surface area (Å²) >= 11 is 0. The van der Waals surface area contributed by atoms with Crippen LogP contribution in [0, 0.1) is 6.92 Å². The van der Waals surface area contributed by atoms with Crippen molar-refractivity contribution in [3.8, 4) is 0 Å². The summed E-state index contributed by atoms with van der Waals surface area (Å²) in [5.41, 5.74) is 0. The Balaban J connectivity index is 4.05. The SMILES string of the molecule is [CH2]COS(=O)(=O)C(C)C. The predicted octanol–water partition coefficient (Wildman–Crippen LogP) is 0.575. The highest BCUT2D eigenvalue weighted by molar-refractivity contribution is 7.87. The molecule has 0 atom stereocenters. The predicted molar refractivity (Wildman–Crippen MR) is 35.4 cm³/mol. The number of hydrogen-bond acceptors (Lipinski definition) is 3. The Labute approximate surface area is 56.1 Å². The highest BCUT2D eigenvalue weighted by atomic mass is 32.2. The maximum atomic E-state index is 10.7. The van der Waals surface area contributed by atoms with Crippen molar-refractivity contribution in [2.75, 3.05) is 6.61 Å². The van der Waals surface area contributed by atoms with Crippen molar-refractivity contribution in [2.45, 2.75) is 19.1 Å². The number of hydrogen-bond donors (Lipinski definition) is 0. The number of rotatable bonds is 3. The van der Waals surface area contributed by atoms with Gasteiger partial charge >= 0.3 is 0 Å². The lowest BCUT2D eigenvalue weighted by molar-refractivity contribution is 0.350. The van der Waals surface area contributed by atoms with Crippen LogP contribution in [0.25, 0.3) is 0 Å². The molecule has 0 aliphatic heterocycles. The van der Waals surface area contributed by atoms with Gasteiger partial charge in [0.05, 0.1) is 11.9 Å². The monoisotopic (exact) mass is 151 g/mol. The van der Waals surface area contributed by atoms with E-state index in [2.05, 4.69) is 11.1 Å². The second-order valence-corrected chi connectivity index (χ2v) is 4.03. The molecular formula is C5H11O3S. The van der Waals surface area contributed by atoms with Gasteiger partial charge < -0.3 is 0 Å². The Bertz CT molecular complexity index is 157. The molecule has 3 nitrogen and oxygen atoms in total. The van der Waals surface area contributed by atoms with E-state index in [0.717, 1.165) is 0 Å². The molecular weight excluding hydrogens is 140 g/mol. The largest absolute Gasteiger partial charge is 0.270 e. The van der Waals surface area contributed by atoms with Crippen LogP contribution in [0.3, 0.4) is 0 Å². The van der Waals surface area contributed by atoms with Crippen LogP contribution in [0.5, 0.6) is 0 Å². The molecule has 55 valence electrons. The van der Waals surface area contributed by atoms with E-state index in [9.17, 15) is 8.42 Å². The average molecular weight is 151 g/mol. The Hall–Kier alpha value is -0.0900. The third kappa shape index (κ3) is 2.81. The maximum Gasteiger partial charge on any atom is 0.269 e. The van der Waals surface area contributed by atoms with Gasteiger partial charge in [-0.2, -0.15) is 8.42 Å². The first-order valence-electron chi connectivity index (χ1n) is 2.68. The summed E-state index contributed by atoms with van der Waals surface area (Å²) in [4.78, 5) is 0. The molecule has 0 heterocycles. The zero-order valence-corrected chi connectivity index (χ0v) is 6.44. The molecule has 0 unspecified atom stereocenters. The fourth-order valence-electron chi connectivity index (χ4n) is 0.252. The second-order valence-electron chi connectivity index (χ2n) is 1.86. The molecule has 0 saturated carbocycles. The van der Waals surface area contributed by atoms with Crippen molar-refractivity contribution < 1.29 is 12.6 Å². The van der Waals surface area contributed by atoms with Crippen molar-refractivity contribution >= 4 is 10.1 Å². The van der Waals surface area contributed by atoms with Crippen molar-refractivity contribution in [1.29, 1.82) is 0 Å². The van der Waals surface area contributed by atoms with Crippen LogP contribution in [0.4, 0.5) is 0 Å². The normalized spacial score (nSPS) is 12.4. The molecule has 1 radical (unpaired) electrons. The highest BCUT2D eigenvalue weighted by Crippen LogP contribution is 2.00. The van der Waals surface area contributed by atoms with Crippen LogP contribution in [0.2, 0.25) is 0 Å². The molecule has 0 aliphatic rings. The Morgan fingerprint density at radius 1 is 1.56 bits per heavy atom. The zero-order valence-electron chi connectivity index (χ0n) is 5.62. The van der Waals surface area contributed by atoms with E-state index in [1.54, 1.807) is 13.8 Å². The van der Waals surface area contributed by atoms with E-state index in [0.29, 0.717) is 0 Å². The fourth-order valence-corrected chi connectivity index (χ4v) is 0.757. The molecule has 0 spiro atoms. The minimum Gasteiger partial charge on any atom is -0.270 e. The quantitative estimate of drug-likeness (QED) is 0.554. The molecule has 0 aromatic carbocycles. The van der Waals surface area contributed by atoms with Crippen molar-refractivity contribution in [2.24, 2.45) is 0 Å². The van der Waals surface area contributed by atoms with Gasteiger partial charge in [0.15, 0.2) is 0 Å². The van der Waals surface area contributed by atoms with Gasteiger partial charge in [0.1, 0.15) is 0 Å². The van der Waals surface area contributed by atoms with Crippen LogP contribution >= 0.6 is 0 Å². The summed E-state index contributed by atoms with van der Waals surface area (Å²) in [6.45, 7) is 6.35. The van der Waals surface area contributed by atoms with Crippen molar-refractivity contribution in [3.05, 3.63) is 6.92 Å². The molecule has 0 aliphatic carbocycles. The van der Waals surface area contributed by atoms with E-state index >= 15 is 0 Å². The lowest BCUT2D eigenvalue weighted by atomic mass is 10.6. The Morgan fingerprint density at radius 2 is 2.00 bits per heavy atom. The first kappa shape index (κ1) is 8.91. The van der Waals surface area contributed by atoms with Gasteiger partial charge in [-0.05, 0) is 20.8 Å². The van der Waals surface area contributed by atoms with Crippen LogP contribution in [0.1, 0.15) is 13.8 Å². The van der Waals surface area contributed by atoms with Gasteiger partial charge in [-0.25, -0.2) is 0 Å². The minimum absolute atomic E-state index is 0.0273. The minimum atomic E-state index is -3.31. The van der Waals surface area contributed by atoms with Crippen LogP contribution in [0.15, 0.2) is 0 Å². The summed E-state index contributed by atoms with van der Waals surface area (Å²) in [5, 5.41) is -0.473. The van der Waals surface area contributed by atoms with E-state index in [1.807, 2.05) is 0 Å². The fraction of sp³-hybridized carbons (Fsp3) is 0.800. The lowest BCUT2D eigenvalue weighted by Crippen LogP contribution is -2.16.